The summed E-state index contributed by atoms with van der Waals surface area (Å²) < 4.78 is 1.87. The molecule has 2 aromatic carbocycles. The summed E-state index contributed by atoms with van der Waals surface area (Å²) in [4.78, 5) is 21.4. The number of benzene rings is 2. The summed E-state index contributed by atoms with van der Waals surface area (Å²) in [5.74, 6) is 1.73. The topological polar surface area (TPSA) is 75.6 Å². The highest BCUT2D eigenvalue weighted by Crippen LogP contribution is 2.45. The summed E-state index contributed by atoms with van der Waals surface area (Å²) in [5.41, 5.74) is 5.08. The Morgan fingerprint density at radius 3 is 2.70 bits per heavy atom. The van der Waals surface area contributed by atoms with E-state index in [1.54, 1.807) is 0 Å². The minimum Gasteiger partial charge on any atom is -0.361 e. The second kappa shape index (κ2) is 6.42. The van der Waals surface area contributed by atoms with Gasteiger partial charge in [-0.25, -0.2) is 4.68 Å². The lowest BCUT2D eigenvalue weighted by atomic mass is 9.78. The van der Waals surface area contributed by atoms with Crippen molar-refractivity contribution < 1.29 is 4.79 Å². The molecule has 0 radical (unpaired) electrons. The maximum Gasteiger partial charge on any atom is 0.226 e. The van der Waals surface area contributed by atoms with Crippen LogP contribution in [-0.2, 0) is 4.79 Å². The van der Waals surface area contributed by atoms with Crippen LogP contribution in [0, 0.1) is 6.92 Å². The smallest absolute Gasteiger partial charge is 0.226 e. The number of aromatic amines is 1. The van der Waals surface area contributed by atoms with Crippen LogP contribution in [0.4, 0.5) is 5.95 Å². The minimum absolute atomic E-state index is 0.170. The molecule has 0 amide bonds. The van der Waals surface area contributed by atoms with E-state index in [0.717, 1.165) is 34.2 Å². The number of nitrogens with zero attached hydrogens (tertiary/aromatic N) is 3. The zero-order valence-electron chi connectivity index (χ0n) is 16.6. The molecule has 0 saturated heterocycles. The third kappa shape index (κ3) is 2.53. The fourth-order valence-corrected chi connectivity index (χ4v) is 4.89. The van der Waals surface area contributed by atoms with Crippen molar-refractivity contribution in [3.05, 3.63) is 89.0 Å². The van der Waals surface area contributed by atoms with Gasteiger partial charge in [-0.1, -0.05) is 48.5 Å². The molecule has 0 unspecified atom stereocenters. The summed E-state index contributed by atoms with van der Waals surface area (Å²) in [6.45, 7) is 1.88. The zero-order chi connectivity index (χ0) is 20.2. The van der Waals surface area contributed by atoms with Crippen LogP contribution in [0.2, 0.25) is 0 Å². The Balaban J connectivity index is 1.52. The van der Waals surface area contributed by atoms with Gasteiger partial charge in [0.25, 0.3) is 0 Å². The second-order valence-electron chi connectivity index (χ2n) is 8.08. The van der Waals surface area contributed by atoms with E-state index in [1.807, 2.05) is 48.1 Å². The van der Waals surface area contributed by atoms with Gasteiger partial charge in [0.05, 0.1) is 0 Å². The predicted octanol–water partition coefficient (Wildman–Crippen LogP) is 4.48. The van der Waals surface area contributed by atoms with Gasteiger partial charge in [-0.05, 0) is 30.9 Å². The first kappa shape index (κ1) is 17.2. The zero-order valence-corrected chi connectivity index (χ0v) is 16.6. The number of carbonyl (C=O) groups excluding carboxylic acids is 1. The van der Waals surface area contributed by atoms with Gasteiger partial charge < -0.3 is 10.3 Å². The molecule has 0 spiro atoms. The Labute approximate surface area is 173 Å². The van der Waals surface area contributed by atoms with Gasteiger partial charge in [-0.3, -0.25) is 4.79 Å². The monoisotopic (exact) mass is 395 g/mol. The van der Waals surface area contributed by atoms with Crippen molar-refractivity contribution in [1.29, 1.82) is 0 Å². The molecule has 30 heavy (non-hydrogen) atoms. The lowest BCUT2D eigenvalue weighted by molar-refractivity contribution is -0.116. The molecule has 4 aromatic rings. The molecule has 148 valence electrons. The van der Waals surface area contributed by atoms with Gasteiger partial charge in [-0.15, -0.1) is 0 Å². The number of anilines is 1. The molecule has 1 aliphatic heterocycles. The maximum absolute atomic E-state index is 13.5. The van der Waals surface area contributed by atoms with Gasteiger partial charge in [0.15, 0.2) is 5.78 Å². The number of allylic oxidation sites excluding steroid dienone is 2. The SMILES string of the molecule is Cc1nc2n(n1)[C@H](c1c[nH]c3ccccc13)C1=C(C[C@@H](c3ccccc3)CC1=O)N2. The number of H-pyrrole nitrogens is 1. The second-order valence-corrected chi connectivity index (χ2v) is 8.08. The standard InChI is InChI=1S/C24H21N5O/c1-14-26-24-27-20-11-16(15-7-3-2-4-8-15)12-21(30)22(20)23(29(24)28-14)18-13-25-19-10-6-5-9-17(18)19/h2-10,13,16,23,25H,11-12H2,1H3,(H,26,27,28)/t16-,23-/m1/s1. The molecule has 0 saturated carbocycles. The Morgan fingerprint density at radius 2 is 1.83 bits per heavy atom. The predicted molar refractivity (Wildman–Crippen MR) is 115 cm³/mol. The molecule has 2 N–H and O–H groups in total. The lowest BCUT2D eigenvalue weighted by Gasteiger charge is -2.35. The van der Waals surface area contributed by atoms with Crippen molar-refractivity contribution in [2.45, 2.75) is 31.7 Å². The van der Waals surface area contributed by atoms with E-state index in [1.165, 1.54) is 5.56 Å². The number of Topliss-reactive ketones (excluding diaryl/α,β-unsaturated/α-hetero) is 1. The van der Waals surface area contributed by atoms with Gasteiger partial charge in [-0.2, -0.15) is 10.1 Å². The summed E-state index contributed by atoms with van der Waals surface area (Å²) in [7, 11) is 0. The molecule has 1 aliphatic carbocycles. The van der Waals surface area contributed by atoms with Crippen LogP contribution in [0.5, 0.6) is 0 Å². The fourth-order valence-electron chi connectivity index (χ4n) is 4.89. The summed E-state index contributed by atoms with van der Waals surface area (Å²) in [5, 5.41) is 9.17. The molecule has 0 fully saturated rings. The van der Waals surface area contributed by atoms with E-state index in [9.17, 15) is 4.79 Å². The summed E-state index contributed by atoms with van der Waals surface area (Å²) in [6.07, 6.45) is 3.30. The molecule has 3 heterocycles. The van der Waals surface area contributed by atoms with Crippen molar-refractivity contribution in [3.63, 3.8) is 0 Å². The number of aromatic nitrogens is 4. The third-order valence-corrected chi connectivity index (χ3v) is 6.21. The number of aryl methyl sites for hydroxylation is 1. The number of ketones is 1. The normalized spacial score (nSPS) is 20.8. The first-order chi connectivity index (χ1) is 14.7. The highest BCUT2D eigenvalue weighted by atomic mass is 16.1. The van der Waals surface area contributed by atoms with Gasteiger partial charge in [0.1, 0.15) is 11.9 Å². The van der Waals surface area contributed by atoms with E-state index in [2.05, 4.69) is 44.6 Å². The molecule has 2 atom stereocenters. The van der Waals surface area contributed by atoms with Gasteiger partial charge in [0, 0.05) is 40.4 Å². The van der Waals surface area contributed by atoms with E-state index in [4.69, 9.17) is 0 Å². The van der Waals surface area contributed by atoms with Crippen molar-refractivity contribution in [1.82, 2.24) is 19.7 Å². The highest BCUT2D eigenvalue weighted by molar-refractivity contribution is 6.01. The highest BCUT2D eigenvalue weighted by Gasteiger charge is 2.40. The lowest BCUT2D eigenvalue weighted by Crippen LogP contribution is -2.33. The molecule has 6 rings (SSSR count). The Hall–Kier alpha value is -3.67. The molecule has 0 bridgehead atoms. The number of hydrogen-bond donors (Lipinski definition) is 2. The molecule has 6 heteroatoms. The van der Waals surface area contributed by atoms with Crippen LogP contribution < -0.4 is 5.32 Å². The third-order valence-electron chi connectivity index (χ3n) is 6.21. The Morgan fingerprint density at radius 1 is 1.03 bits per heavy atom. The number of fused-ring (bicyclic) bond motifs is 2. The van der Waals surface area contributed by atoms with Crippen LogP contribution in [0.15, 0.2) is 72.1 Å². The number of para-hydroxylation sites is 1. The van der Waals surface area contributed by atoms with Crippen molar-refractivity contribution >= 4 is 22.6 Å². The van der Waals surface area contributed by atoms with Crippen molar-refractivity contribution in [2.75, 3.05) is 5.32 Å². The Bertz CT molecular complexity index is 1310. The van der Waals surface area contributed by atoms with Crippen molar-refractivity contribution in [2.24, 2.45) is 0 Å². The molecule has 2 aliphatic rings. The summed E-state index contributed by atoms with van der Waals surface area (Å²) in [6, 6.07) is 18.2. The maximum atomic E-state index is 13.5. The first-order valence-corrected chi connectivity index (χ1v) is 10.3. The van der Waals surface area contributed by atoms with Crippen LogP contribution >= 0.6 is 0 Å². The average Bonchev–Trinajstić information content (AvgIpc) is 3.35. The number of hydrogen-bond acceptors (Lipinski definition) is 4. The van der Waals surface area contributed by atoms with Gasteiger partial charge in [0.2, 0.25) is 5.95 Å². The van der Waals surface area contributed by atoms with E-state index in [0.29, 0.717) is 18.2 Å². The molecule has 6 nitrogen and oxygen atoms in total. The minimum atomic E-state index is -0.280. The quantitative estimate of drug-likeness (QED) is 0.525. The average molecular weight is 395 g/mol. The molecule has 2 aromatic heterocycles. The number of nitrogens with one attached hydrogen (secondary N) is 2. The fraction of sp³-hybridized carbons (Fsp3) is 0.208. The number of carbonyl (C=O) groups is 1. The van der Waals surface area contributed by atoms with E-state index in [-0.39, 0.29) is 17.7 Å². The molecular weight excluding hydrogens is 374 g/mol. The molecular formula is C24H21N5O. The number of rotatable bonds is 2. The van der Waals surface area contributed by atoms with Crippen LogP contribution in [0.3, 0.4) is 0 Å². The van der Waals surface area contributed by atoms with E-state index >= 15 is 0 Å². The summed E-state index contributed by atoms with van der Waals surface area (Å²) >= 11 is 0. The van der Waals surface area contributed by atoms with Crippen LogP contribution in [0.1, 0.15) is 41.8 Å². The Kier molecular flexibility index (Phi) is 3.68. The van der Waals surface area contributed by atoms with E-state index < -0.39 is 0 Å². The largest absolute Gasteiger partial charge is 0.361 e. The van der Waals surface area contributed by atoms with Gasteiger partial charge >= 0.3 is 0 Å². The van der Waals surface area contributed by atoms with Crippen LogP contribution in [-0.4, -0.2) is 25.5 Å². The first-order valence-electron chi connectivity index (χ1n) is 10.3. The van der Waals surface area contributed by atoms with Crippen LogP contribution in [0.25, 0.3) is 10.9 Å². The van der Waals surface area contributed by atoms with Crippen molar-refractivity contribution in [3.8, 4) is 0 Å².